The van der Waals surface area contributed by atoms with E-state index in [0.717, 1.165) is 17.1 Å². The zero-order valence-corrected chi connectivity index (χ0v) is 16.2. The maximum Gasteiger partial charge on any atom is 0.194 e. The van der Waals surface area contributed by atoms with Gasteiger partial charge in [0.2, 0.25) is 0 Å². The fraction of sp³-hybridized carbons (Fsp3) is 0.400. The van der Waals surface area contributed by atoms with Crippen LogP contribution in [0.4, 0.5) is 5.82 Å². The fourth-order valence-electron chi connectivity index (χ4n) is 1.65. The van der Waals surface area contributed by atoms with Crippen LogP contribution in [0.2, 0.25) is 0 Å². The lowest BCUT2D eigenvalue weighted by atomic mass is 9.93. The van der Waals surface area contributed by atoms with Gasteiger partial charge in [0, 0.05) is 30.0 Å². The van der Waals surface area contributed by atoms with Gasteiger partial charge < -0.3 is 11.1 Å². The first kappa shape index (κ1) is 18.8. The Morgan fingerprint density at radius 1 is 1.36 bits per heavy atom. The summed E-state index contributed by atoms with van der Waals surface area (Å²) in [6.45, 7) is 7.11. The van der Waals surface area contributed by atoms with Crippen LogP contribution < -0.4 is 11.1 Å². The first-order valence-electron chi connectivity index (χ1n) is 6.88. The summed E-state index contributed by atoms with van der Waals surface area (Å²) >= 11 is 1.68. The van der Waals surface area contributed by atoms with Crippen molar-refractivity contribution in [2.24, 2.45) is 10.7 Å². The van der Waals surface area contributed by atoms with Crippen molar-refractivity contribution in [2.75, 3.05) is 11.9 Å². The minimum Gasteiger partial charge on any atom is -0.370 e. The lowest BCUT2D eigenvalue weighted by Gasteiger charge is -2.14. The second-order valence-corrected chi connectivity index (χ2v) is 6.68. The summed E-state index contributed by atoms with van der Waals surface area (Å²) < 4.78 is 0. The van der Waals surface area contributed by atoms with Crippen molar-refractivity contribution in [1.82, 2.24) is 9.97 Å². The third kappa shape index (κ3) is 5.88. The Morgan fingerprint density at radius 3 is 2.73 bits per heavy atom. The van der Waals surface area contributed by atoms with Gasteiger partial charge in [-0.1, -0.05) is 26.8 Å². The molecule has 22 heavy (non-hydrogen) atoms. The van der Waals surface area contributed by atoms with E-state index in [4.69, 9.17) is 5.73 Å². The number of anilines is 1. The Kier molecular flexibility index (Phi) is 7.21. The summed E-state index contributed by atoms with van der Waals surface area (Å²) in [6, 6.07) is 5.60. The molecule has 2 heterocycles. The van der Waals surface area contributed by atoms with Gasteiger partial charge in [-0.2, -0.15) is 0 Å². The highest BCUT2D eigenvalue weighted by Crippen LogP contribution is 2.23. The molecule has 5 nitrogen and oxygen atoms in total. The van der Waals surface area contributed by atoms with Gasteiger partial charge in [-0.15, -0.1) is 35.3 Å². The maximum absolute atomic E-state index is 5.83. The van der Waals surface area contributed by atoms with Crippen LogP contribution in [0.3, 0.4) is 0 Å². The third-order valence-electron chi connectivity index (χ3n) is 2.85. The van der Waals surface area contributed by atoms with Crippen molar-refractivity contribution >= 4 is 47.1 Å². The summed E-state index contributed by atoms with van der Waals surface area (Å²) in [5, 5.41) is 6.17. The highest BCUT2D eigenvalue weighted by molar-refractivity contribution is 14.0. The average Bonchev–Trinajstić information content (AvgIpc) is 2.88. The molecule has 120 valence electrons. The fourth-order valence-corrected chi connectivity index (χ4v) is 2.66. The van der Waals surface area contributed by atoms with Crippen LogP contribution in [-0.4, -0.2) is 22.5 Å². The van der Waals surface area contributed by atoms with E-state index in [-0.39, 0.29) is 29.4 Å². The normalized spacial score (nSPS) is 11.9. The summed E-state index contributed by atoms with van der Waals surface area (Å²) in [5.41, 5.74) is 7.05. The van der Waals surface area contributed by atoms with Crippen molar-refractivity contribution in [3.05, 3.63) is 40.5 Å². The molecule has 0 aliphatic rings. The van der Waals surface area contributed by atoms with E-state index in [2.05, 4.69) is 46.4 Å². The number of nitrogens with zero attached hydrogens (tertiary/aromatic N) is 3. The van der Waals surface area contributed by atoms with E-state index in [0.29, 0.717) is 18.3 Å². The first-order chi connectivity index (χ1) is 9.95. The second-order valence-electron chi connectivity index (χ2n) is 5.73. The second kappa shape index (κ2) is 8.42. The molecule has 0 amide bonds. The summed E-state index contributed by atoms with van der Waals surface area (Å²) in [4.78, 5) is 13.1. The largest absolute Gasteiger partial charge is 0.370 e. The van der Waals surface area contributed by atoms with Crippen LogP contribution in [0.25, 0.3) is 0 Å². The molecular formula is C15H22IN5S. The number of aliphatic imine (C=N–C) groups is 1. The molecule has 0 atom stereocenters. The zero-order valence-electron chi connectivity index (χ0n) is 13.0. The molecule has 0 saturated carbocycles. The van der Waals surface area contributed by atoms with Crippen molar-refractivity contribution < 1.29 is 0 Å². The van der Waals surface area contributed by atoms with E-state index in [1.165, 1.54) is 0 Å². The number of rotatable bonds is 4. The van der Waals surface area contributed by atoms with Crippen LogP contribution in [-0.2, 0) is 11.8 Å². The number of hydrogen-bond donors (Lipinski definition) is 2. The van der Waals surface area contributed by atoms with Gasteiger partial charge in [-0.05, 0) is 12.1 Å². The molecule has 0 aliphatic carbocycles. The minimum atomic E-state index is 0. The molecule has 0 unspecified atom stereocenters. The Hall–Kier alpha value is -1.22. The third-order valence-corrected chi connectivity index (χ3v) is 3.76. The highest BCUT2D eigenvalue weighted by atomic mass is 127. The van der Waals surface area contributed by atoms with Gasteiger partial charge in [-0.3, -0.25) is 4.99 Å². The molecule has 7 heteroatoms. The Labute approximate surface area is 152 Å². The molecule has 2 aromatic heterocycles. The molecule has 0 fully saturated rings. The predicted octanol–water partition coefficient (Wildman–Crippen LogP) is 3.42. The van der Waals surface area contributed by atoms with Gasteiger partial charge in [-0.25, -0.2) is 9.97 Å². The number of pyridine rings is 1. The number of halogens is 1. The molecule has 0 radical (unpaired) electrons. The lowest BCUT2D eigenvalue weighted by molar-refractivity contribution is 0.571. The van der Waals surface area contributed by atoms with Gasteiger partial charge in [0.1, 0.15) is 5.82 Å². The quantitative estimate of drug-likeness (QED) is 0.442. The van der Waals surface area contributed by atoms with Crippen LogP contribution in [0.15, 0.2) is 34.8 Å². The van der Waals surface area contributed by atoms with Crippen molar-refractivity contribution in [3.63, 3.8) is 0 Å². The topological polar surface area (TPSA) is 76.2 Å². The van der Waals surface area contributed by atoms with E-state index >= 15 is 0 Å². The van der Waals surface area contributed by atoms with Crippen molar-refractivity contribution in [3.8, 4) is 0 Å². The maximum atomic E-state index is 5.83. The number of nitrogens with two attached hydrogens (primary N) is 1. The number of guanidine groups is 1. The monoisotopic (exact) mass is 431 g/mol. The Morgan fingerprint density at radius 2 is 2.14 bits per heavy atom. The Bertz CT molecular complexity index is 604. The summed E-state index contributed by atoms with van der Waals surface area (Å²) in [5.74, 6) is 1.07. The Balaban J connectivity index is 0.00000242. The molecule has 0 spiro atoms. The summed E-state index contributed by atoms with van der Waals surface area (Å²) in [6.07, 6.45) is 2.50. The molecule has 2 aromatic rings. The first-order valence-corrected chi connectivity index (χ1v) is 7.76. The predicted molar refractivity (Wildman–Crippen MR) is 104 cm³/mol. The van der Waals surface area contributed by atoms with E-state index in [9.17, 15) is 0 Å². The number of aromatic nitrogens is 2. The number of hydrogen-bond acceptors (Lipinski definition) is 4. The molecule has 0 saturated heterocycles. The standard InChI is InChI=1S/C15H21N5S.HI/c1-15(2,3)11-10-21-13(19-11)7-9-18-14(16)20-12-6-4-5-8-17-12;/h4-6,8,10H,7,9H2,1-3H3,(H3,16,17,18,20);1H. The molecule has 2 rings (SSSR count). The van der Waals surface area contributed by atoms with E-state index in [1.807, 2.05) is 18.2 Å². The SMILES string of the molecule is CC(C)(C)c1csc(CCN=C(N)Nc2ccccn2)n1.I. The molecule has 3 N–H and O–H groups in total. The number of nitrogens with one attached hydrogen (secondary N) is 1. The molecule has 0 bridgehead atoms. The lowest BCUT2D eigenvalue weighted by Crippen LogP contribution is -2.23. The van der Waals surface area contributed by atoms with Crippen LogP contribution in [0, 0.1) is 0 Å². The number of thiazole rings is 1. The molecular weight excluding hydrogens is 409 g/mol. The highest BCUT2D eigenvalue weighted by Gasteiger charge is 2.17. The van der Waals surface area contributed by atoms with Gasteiger partial charge in [0.05, 0.1) is 10.7 Å². The van der Waals surface area contributed by atoms with Crippen LogP contribution in [0.5, 0.6) is 0 Å². The smallest absolute Gasteiger partial charge is 0.194 e. The van der Waals surface area contributed by atoms with Crippen molar-refractivity contribution in [1.29, 1.82) is 0 Å². The van der Waals surface area contributed by atoms with Gasteiger partial charge in [0.25, 0.3) is 0 Å². The minimum absolute atomic E-state index is 0. The van der Waals surface area contributed by atoms with E-state index in [1.54, 1.807) is 17.5 Å². The van der Waals surface area contributed by atoms with Crippen molar-refractivity contribution in [2.45, 2.75) is 32.6 Å². The average molecular weight is 431 g/mol. The van der Waals surface area contributed by atoms with Gasteiger partial charge >= 0.3 is 0 Å². The molecule has 0 aliphatic heterocycles. The van der Waals surface area contributed by atoms with E-state index < -0.39 is 0 Å². The van der Waals surface area contributed by atoms with Crippen LogP contribution in [0.1, 0.15) is 31.5 Å². The van der Waals surface area contributed by atoms with Gasteiger partial charge in [0.15, 0.2) is 5.96 Å². The van der Waals surface area contributed by atoms with Crippen LogP contribution >= 0.6 is 35.3 Å². The summed E-state index contributed by atoms with van der Waals surface area (Å²) in [7, 11) is 0. The molecule has 0 aromatic carbocycles. The zero-order chi connectivity index (χ0) is 15.3.